The Hall–Kier alpha value is -3.48. The number of aryl methyl sites for hydroxylation is 1. The molecule has 2 N–H and O–H groups in total. The molecule has 0 aliphatic heterocycles. The van der Waals surface area contributed by atoms with Crippen LogP contribution in [-0.2, 0) is 11.2 Å². The number of hydrogen-bond donors (Lipinski definition) is 2. The number of aromatic amines is 1. The van der Waals surface area contributed by atoms with Gasteiger partial charge in [0.05, 0.1) is 17.1 Å². The smallest absolute Gasteiger partial charge is 0.247 e. The number of rotatable bonds is 6. The van der Waals surface area contributed by atoms with Gasteiger partial charge in [0.2, 0.25) is 17.7 Å². The Morgan fingerprint density at radius 3 is 2.70 bits per heavy atom. The average Bonchev–Trinajstić information content (AvgIpc) is 3.34. The zero-order chi connectivity index (χ0) is 18.6. The number of H-pyrrole nitrogens is 1. The van der Waals surface area contributed by atoms with Gasteiger partial charge in [-0.3, -0.25) is 4.79 Å². The summed E-state index contributed by atoms with van der Waals surface area (Å²) in [5, 5.41) is 11.0. The van der Waals surface area contributed by atoms with Gasteiger partial charge in [0.1, 0.15) is 5.82 Å². The molecule has 2 aromatic carbocycles. The molecule has 2 aromatic heterocycles. The summed E-state index contributed by atoms with van der Waals surface area (Å²) in [5.41, 5.74) is 2.69. The number of aromatic nitrogens is 4. The van der Waals surface area contributed by atoms with E-state index in [4.69, 9.17) is 4.42 Å². The molecule has 0 bridgehead atoms. The average molecular weight is 361 g/mol. The first kappa shape index (κ1) is 17.0. The van der Waals surface area contributed by atoms with E-state index in [2.05, 4.69) is 25.5 Å². The molecule has 1 atom stereocenters. The van der Waals surface area contributed by atoms with Crippen LogP contribution in [0.2, 0.25) is 0 Å². The summed E-state index contributed by atoms with van der Waals surface area (Å²) in [6.45, 7) is 1.90. The third-order valence-corrected chi connectivity index (χ3v) is 4.25. The number of imidazole rings is 1. The van der Waals surface area contributed by atoms with E-state index in [9.17, 15) is 4.79 Å². The first-order valence-electron chi connectivity index (χ1n) is 8.81. The maximum absolute atomic E-state index is 12.2. The van der Waals surface area contributed by atoms with Gasteiger partial charge in [-0.05, 0) is 31.2 Å². The lowest BCUT2D eigenvalue weighted by atomic mass is 10.2. The van der Waals surface area contributed by atoms with E-state index in [0.717, 1.165) is 22.4 Å². The summed E-state index contributed by atoms with van der Waals surface area (Å²) in [6.07, 6.45) is 0.652. The Labute approximate surface area is 155 Å². The van der Waals surface area contributed by atoms with Gasteiger partial charge in [0.15, 0.2) is 0 Å². The van der Waals surface area contributed by atoms with E-state index in [0.29, 0.717) is 18.2 Å². The van der Waals surface area contributed by atoms with Crippen LogP contribution < -0.4 is 5.32 Å². The van der Waals surface area contributed by atoms with Gasteiger partial charge >= 0.3 is 0 Å². The highest BCUT2D eigenvalue weighted by Crippen LogP contribution is 2.18. The van der Waals surface area contributed by atoms with Gasteiger partial charge in [-0.15, -0.1) is 10.2 Å². The highest BCUT2D eigenvalue weighted by atomic mass is 16.4. The van der Waals surface area contributed by atoms with Crippen molar-refractivity contribution < 1.29 is 9.21 Å². The van der Waals surface area contributed by atoms with Crippen molar-refractivity contribution in [3.8, 4) is 11.5 Å². The van der Waals surface area contributed by atoms with Gasteiger partial charge in [0.25, 0.3) is 0 Å². The molecule has 0 radical (unpaired) electrons. The number of para-hydroxylation sites is 2. The van der Waals surface area contributed by atoms with Crippen LogP contribution >= 0.6 is 0 Å². The SMILES string of the molecule is C[C@@H](NC(=O)CCc1nnc(-c2ccccc2)o1)c1nc2ccccc2[nH]1. The first-order chi connectivity index (χ1) is 13.2. The molecule has 4 aromatic rings. The predicted molar refractivity (Wildman–Crippen MR) is 101 cm³/mol. The molecule has 0 unspecified atom stereocenters. The third-order valence-electron chi connectivity index (χ3n) is 4.25. The number of carbonyl (C=O) groups excluding carboxylic acids is 1. The number of nitrogens with one attached hydrogen (secondary N) is 2. The van der Waals surface area contributed by atoms with Gasteiger partial charge < -0.3 is 14.7 Å². The molecule has 0 aliphatic rings. The van der Waals surface area contributed by atoms with Gasteiger partial charge in [-0.1, -0.05) is 30.3 Å². The molecular weight excluding hydrogens is 342 g/mol. The standard InChI is InChI=1S/C20H19N5O2/c1-13(19-22-15-9-5-6-10-16(15)23-19)21-17(26)11-12-18-24-25-20(27-18)14-7-3-2-4-8-14/h2-10,13H,11-12H2,1H3,(H,21,26)(H,22,23)/t13-/m1/s1. The minimum atomic E-state index is -0.215. The van der Waals surface area contributed by atoms with Crippen molar-refractivity contribution in [2.75, 3.05) is 0 Å². The number of fused-ring (bicyclic) bond motifs is 1. The number of hydrogen-bond acceptors (Lipinski definition) is 5. The topological polar surface area (TPSA) is 96.7 Å². The summed E-state index contributed by atoms with van der Waals surface area (Å²) in [7, 11) is 0. The maximum Gasteiger partial charge on any atom is 0.247 e. The number of nitrogens with zero attached hydrogens (tertiary/aromatic N) is 3. The number of carbonyl (C=O) groups is 1. The summed E-state index contributed by atoms with van der Waals surface area (Å²) < 4.78 is 5.63. The summed E-state index contributed by atoms with van der Waals surface area (Å²) in [5.74, 6) is 1.54. The Morgan fingerprint density at radius 1 is 1.11 bits per heavy atom. The highest BCUT2D eigenvalue weighted by Gasteiger charge is 2.15. The van der Waals surface area contributed by atoms with E-state index in [1.54, 1.807) is 0 Å². The summed E-state index contributed by atoms with van der Waals surface area (Å²) >= 11 is 0. The van der Waals surface area contributed by atoms with E-state index >= 15 is 0 Å². The quantitative estimate of drug-likeness (QED) is 0.548. The molecule has 2 heterocycles. The van der Waals surface area contributed by atoms with Crippen molar-refractivity contribution in [1.29, 1.82) is 0 Å². The van der Waals surface area contributed by atoms with Crippen LogP contribution in [-0.4, -0.2) is 26.1 Å². The molecule has 0 spiro atoms. The fraction of sp³-hybridized carbons (Fsp3) is 0.200. The van der Waals surface area contributed by atoms with Crippen molar-refractivity contribution >= 4 is 16.9 Å². The largest absolute Gasteiger partial charge is 0.421 e. The van der Waals surface area contributed by atoms with Crippen LogP contribution in [0.3, 0.4) is 0 Å². The lowest BCUT2D eigenvalue weighted by molar-refractivity contribution is -0.121. The van der Waals surface area contributed by atoms with E-state index in [1.807, 2.05) is 61.5 Å². The van der Waals surface area contributed by atoms with Gasteiger partial charge in [-0.25, -0.2) is 4.98 Å². The molecule has 7 heteroatoms. The van der Waals surface area contributed by atoms with Gasteiger partial charge in [0, 0.05) is 18.4 Å². The second kappa shape index (κ2) is 7.41. The Balaban J connectivity index is 1.33. The second-order valence-electron chi connectivity index (χ2n) is 6.30. The van der Waals surface area contributed by atoms with Gasteiger partial charge in [-0.2, -0.15) is 0 Å². The van der Waals surface area contributed by atoms with Crippen molar-refractivity contribution in [2.24, 2.45) is 0 Å². The van der Waals surface area contributed by atoms with Crippen molar-refractivity contribution in [3.63, 3.8) is 0 Å². The van der Waals surface area contributed by atoms with Crippen LogP contribution in [0, 0.1) is 0 Å². The molecule has 0 aliphatic carbocycles. The Bertz CT molecular complexity index is 1020. The Kier molecular flexibility index (Phi) is 4.65. The summed E-state index contributed by atoms with van der Waals surface area (Å²) in [6, 6.07) is 17.1. The molecule has 1 amide bonds. The van der Waals surface area contributed by atoms with Crippen LogP contribution in [0.15, 0.2) is 59.0 Å². The fourth-order valence-corrected chi connectivity index (χ4v) is 2.83. The number of amides is 1. The molecule has 0 saturated heterocycles. The molecule has 0 saturated carbocycles. The highest BCUT2D eigenvalue weighted by molar-refractivity contribution is 5.77. The molecule has 136 valence electrons. The zero-order valence-corrected chi connectivity index (χ0v) is 14.8. The zero-order valence-electron chi connectivity index (χ0n) is 14.8. The molecule has 0 fully saturated rings. The predicted octanol–water partition coefficient (Wildman–Crippen LogP) is 3.42. The third kappa shape index (κ3) is 3.87. The monoisotopic (exact) mass is 361 g/mol. The fourth-order valence-electron chi connectivity index (χ4n) is 2.83. The van der Waals surface area contributed by atoms with E-state index in [-0.39, 0.29) is 18.4 Å². The first-order valence-corrected chi connectivity index (χ1v) is 8.81. The van der Waals surface area contributed by atoms with E-state index in [1.165, 1.54) is 0 Å². The lowest BCUT2D eigenvalue weighted by Crippen LogP contribution is -2.27. The summed E-state index contributed by atoms with van der Waals surface area (Å²) in [4.78, 5) is 20.0. The molecular formula is C20H19N5O2. The minimum Gasteiger partial charge on any atom is -0.421 e. The van der Waals surface area contributed by atoms with Crippen LogP contribution in [0.5, 0.6) is 0 Å². The van der Waals surface area contributed by atoms with Crippen molar-refractivity contribution in [1.82, 2.24) is 25.5 Å². The van der Waals surface area contributed by atoms with E-state index < -0.39 is 0 Å². The van der Waals surface area contributed by atoms with Crippen molar-refractivity contribution in [2.45, 2.75) is 25.8 Å². The molecule has 4 rings (SSSR count). The lowest BCUT2D eigenvalue weighted by Gasteiger charge is -2.10. The maximum atomic E-state index is 12.2. The minimum absolute atomic E-state index is 0.0950. The Morgan fingerprint density at radius 2 is 1.89 bits per heavy atom. The normalized spacial score (nSPS) is 12.2. The van der Waals surface area contributed by atoms with Crippen LogP contribution in [0.4, 0.5) is 0 Å². The molecule has 7 nitrogen and oxygen atoms in total. The van der Waals surface area contributed by atoms with Crippen LogP contribution in [0.1, 0.15) is 31.1 Å². The number of benzene rings is 2. The molecule has 27 heavy (non-hydrogen) atoms. The van der Waals surface area contributed by atoms with Crippen LogP contribution in [0.25, 0.3) is 22.5 Å². The second-order valence-corrected chi connectivity index (χ2v) is 6.30. The van der Waals surface area contributed by atoms with Crippen molar-refractivity contribution in [3.05, 3.63) is 66.3 Å².